The van der Waals surface area contributed by atoms with Crippen LogP contribution in [-0.2, 0) is 10.0 Å². The second-order valence-electron chi connectivity index (χ2n) is 4.39. The van der Waals surface area contributed by atoms with Gasteiger partial charge in [-0.1, -0.05) is 15.9 Å². The third-order valence-corrected chi connectivity index (χ3v) is 6.16. The van der Waals surface area contributed by atoms with Gasteiger partial charge >= 0.3 is 0 Å². The molecule has 0 aliphatic heterocycles. The molecule has 2 aromatic rings. The lowest BCUT2D eigenvalue weighted by atomic mass is 10.2. The zero-order valence-electron chi connectivity index (χ0n) is 10.9. The molecule has 2 rings (SSSR count). The zero-order valence-corrected chi connectivity index (χ0v) is 14.8. The van der Waals surface area contributed by atoms with E-state index in [9.17, 15) is 8.42 Å². The van der Waals surface area contributed by atoms with E-state index in [-0.39, 0.29) is 4.90 Å². The SMILES string of the molecule is Cc1cc(Br)c(S(=O)(=O)NC(C)c2ccco2)cc1Br. The molecule has 0 aliphatic rings. The van der Waals surface area contributed by atoms with Crippen LogP contribution in [0.3, 0.4) is 0 Å². The molecular weight excluding hydrogens is 410 g/mol. The molecule has 0 saturated carbocycles. The normalized spacial score (nSPS) is 13.4. The Bertz CT molecular complexity index is 711. The Labute approximate surface area is 134 Å². The van der Waals surface area contributed by atoms with Crippen LogP contribution in [0.25, 0.3) is 0 Å². The maximum absolute atomic E-state index is 12.4. The van der Waals surface area contributed by atoms with E-state index in [2.05, 4.69) is 36.6 Å². The Balaban J connectivity index is 2.34. The quantitative estimate of drug-likeness (QED) is 0.804. The highest BCUT2D eigenvalue weighted by Crippen LogP contribution is 2.29. The summed E-state index contributed by atoms with van der Waals surface area (Å²) in [5.41, 5.74) is 0.954. The number of benzene rings is 1. The van der Waals surface area contributed by atoms with Crippen molar-refractivity contribution in [3.63, 3.8) is 0 Å². The number of nitrogens with one attached hydrogen (secondary N) is 1. The predicted molar refractivity (Wildman–Crippen MR) is 84.0 cm³/mol. The number of hydrogen-bond donors (Lipinski definition) is 1. The van der Waals surface area contributed by atoms with E-state index < -0.39 is 16.1 Å². The van der Waals surface area contributed by atoms with Gasteiger partial charge in [0.1, 0.15) is 5.76 Å². The Kier molecular flexibility index (Phi) is 4.73. The lowest BCUT2D eigenvalue weighted by Gasteiger charge is -2.14. The zero-order chi connectivity index (χ0) is 14.9. The van der Waals surface area contributed by atoms with E-state index in [4.69, 9.17) is 4.42 Å². The first-order valence-electron chi connectivity index (χ1n) is 5.82. The minimum absolute atomic E-state index is 0.188. The molecule has 4 nitrogen and oxygen atoms in total. The molecule has 0 saturated heterocycles. The van der Waals surface area contributed by atoms with Crippen LogP contribution in [-0.4, -0.2) is 8.42 Å². The summed E-state index contributed by atoms with van der Waals surface area (Å²) in [6.07, 6.45) is 1.51. The molecule has 0 aliphatic carbocycles. The summed E-state index contributed by atoms with van der Waals surface area (Å²) in [5.74, 6) is 0.566. The minimum Gasteiger partial charge on any atom is -0.468 e. The van der Waals surface area contributed by atoms with Gasteiger partial charge in [-0.25, -0.2) is 13.1 Å². The van der Waals surface area contributed by atoms with Crippen LogP contribution >= 0.6 is 31.9 Å². The van der Waals surface area contributed by atoms with Crippen LogP contribution in [0.4, 0.5) is 0 Å². The number of sulfonamides is 1. The number of rotatable bonds is 4. The van der Waals surface area contributed by atoms with Crippen molar-refractivity contribution < 1.29 is 12.8 Å². The molecule has 108 valence electrons. The summed E-state index contributed by atoms with van der Waals surface area (Å²) in [6, 6.07) is 6.35. The van der Waals surface area contributed by atoms with Gasteiger partial charge in [-0.2, -0.15) is 0 Å². The van der Waals surface area contributed by atoms with Crippen LogP contribution in [0.5, 0.6) is 0 Å². The van der Waals surface area contributed by atoms with Crippen LogP contribution < -0.4 is 4.72 Å². The fourth-order valence-electron chi connectivity index (χ4n) is 1.73. The Morgan fingerprint density at radius 1 is 1.25 bits per heavy atom. The number of furan rings is 1. The van der Waals surface area contributed by atoms with Crippen molar-refractivity contribution in [2.75, 3.05) is 0 Å². The van der Waals surface area contributed by atoms with E-state index in [0.29, 0.717) is 10.2 Å². The van der Waals surface area contributed by atoms with Gasteiger partial charge in [0.15, 0.2) is 0 Å². The first kappa shape index (κ1) is 15.8. The molecule has 0 fully saturated rings. The molecule has 1 unspecified atom stereocenters. The second kappa shape index (κ2) is 6.01. The number of hydrogen-bond acceptors (Lipinski definition) is 3. The number of aryl methyl sites for hydroxylation is 1. The highest BCUT2D eigenvalue weighted by molar-refractivity contribution is 9.11. The maximum atomic E-state index is 12.4. The van der Waals surface area contributed by atoms with E-state index in [1.54, 1.807) is 31.2 Å². The summed E-state index contributed by atoms with van der Waals surface area (Å²) in [4.78, 5) is 0.188. The lowest BCUT2D eigenvalue weighted by molar-refractivity contribution is 0.459. The fraction of sp³-hybridized carbons (Fsp3) is 0.231. The van der Waals surface area contributed by atoms with E-state index in [1.807, 2.05) is 6.92 Å². The molecule has 1 heterocycles. The van der Waals surface area contributed by atoms with Gasteiger partial charge in [-0.3, -0.25) is 0 Å². The molecule has 0 amide bonds. The van der Waals surface area contributed by atoms with Crippen LogP contribution in [0.15, 0.2) is 48.8 Å². The maximum Gasteiger partial charge on any atom is 0.242 e. The summed E-state index contributed by atoms with van der Waals surface area (Å²) in [5, 5.41) is 0. The average Bonchev–Trinajstić information content (AvgIpc) is 2.86. The van der Waals surface area contributed by atoms with Crippen molar-refractivity contribution in [2.24, 2.45) is 0 Å². The standard InChI is InChI=1S/C13H13Br2NO3S/c1-8-6-11(15)13(7-10(8)14)20(17,18)16-9(2)12-4-3-5-19-12/h3-7,9,16H,1-2H3. The van der Waals surface area contributed by atoms with Gasteiger partial charge < -0.3 is 4.42 Å². The molecule has 20 heavy (non-hydrogen) atoms. The molecule has 0 radical (unpaired) electrons. The first-order valence-corrected chi connectivity index (χ1v) is 8.89. The van der Waals surface area contributed by atoms with E-state index in [1.165, 1.54) is 6.26 Å². The third-order valence-electron chi connectivity index (χ3n) is 2.80. The topological polar surface area (TPSA) is 59.3 Å². The van der Waals surface area contributed by atoms with Gasteiger partial charge in [0.25, 0.3) is 0 Å². The van der Waals surface area contributed by atoms with Gasteiger partial charge in [-0.15, -0.1) is 0 Å². The predicted octanol–water partition coefficient (Wildman–Crippen LogP) is 4.15. The molecule has 1 aromatic heterocycles. The van der Waals surface area contributed by atoms with Gasteiger partial charge in [0, 0.05) is 8.95 Å². The highest BCUT2D eigenvalue weighted by Gasteiger charge is 2.23. The molecule has 1 N–H and O–H groups in total. The monoisotopic (exact) mass is 421 g/mol. The van der Waals surface area contributed by atoms with E-state index in [0.717, 1.165) is 10.0 Å². The first-order chi connectivity index (χ1) is 9.31. The van der Waals surface area contributed by atoms with Crippen molar-refractivity contribution >= 4 is 41.9 Å². The van der Waals surface area contributed by atoms with Crippen molar-refractivity contribution in [1.29, 1.82) is 0 Å². The van der Waals surface area contributed by atoms with Crippen LogP contribution in [0.1, 0.15) is 24.3 Å². The van der Waals surface area contributed by atoms with Crippen LogP contribution in [0, 0.1) is 6.92 Å². The van der Waals surface area contributed by atoms with Crippen molar-refractivity contribution in [1.82, 2.24) is 4.72 Å². The van der Waals surface area contributed by atoms with Gasteiger partial charge in [0.05, 0.1) is 17.2 Å². The van der Waals surface area contributed by atoms with Gasteiger partial charge in [0.2, 0.25) is 10.0 Å². The second-order valence-corrected chi connectivity index (χ2v) is 7.78. The fourth-order valence-corrected chi connectivity index (χ4v) is 4.62. The average molecular weight is 423 g/mol. The van der Waals surface area contributed by atoms with Crippen molar-refractivity contribution in [3.05, 3.63) is 50.8 Å². The molecule has 7 heteroatoms. The molecular formula is C13H13Br2NO3S. The largest absolute Gasteiger partial charge is 0.468 e. The Morgan fingerprint density at radius 2 is 1.95 bits per heavy atom. The summed E-state index contributed by atoms with van der Waals surface area (Å²) in [7, 11) is -3.64. The molecule has 0 bridgehead atoms. The Hall–Kier alpha value is -0.630. The summed E-state index contributed by atoms with van der Waals surface area (Å²) in [6.45, 7) is 3.62. The lowest BCUT2D eigenvalue weighted by Crippen LogP contribution is -2.27. The highest BCUT2D eigenvalue weighted by atomic mass is 79.9. The minimum atomic E-state index is -3.64. The summed E-state index contributed by atoms with van der Waals surface area (Å²) < 4.78 is 33.9. The van der Waals surface area contributed by atoms with Crippen molar-refractivity contribution in [3.8, 4) is 0 Å². The molecule has 0 spiro atoms. The van der Waals surface area contributed by atoms with Gasteiger partial charge in [-0.05, 0) is 59.6 Å². The summed E-state index contributed by atoms with van der Waals surface area (Å²) >= 11 is 6.64. The Morgan fingerprint density at radius 3 is 2.55 bits per heavy atom. The number of halogens is 2. The third kappa shape index (κ3) is 3.33. The van der Waals surface area contributed by atoms with Crippen LogP contribution in [0.2, 0.25) is 0 Å². The molecule has 1 aromatic carbocycles. The van der Waals surface area contributed by atoms with E-state index >= 15 is 0 Å². The van der Waals surface area contributed by atoms with Crippen molar-refractivity contribution in [2.45, 2.75) is 24.8 Å². The smallest absolute Gasteiger partial charge is 0.242 e. The molecule has 1 atom stereocenters.